The van der Waals surface area contributed by atoms with Crippen LogP contribution in [0.25, 0.3) is 0 Å². The fourth-order valence-corrected chi connectivity index (χ4v) is 2.08. The summed E-state index contributed by atoms with van der Waals surface area (Å²) in [7, 11) is 0. The maximum Gasteiger partial charge on any atom is 0.00347 e. The molecule has 0 amide bonds. The number of fused-ring (bicyclic) bond motifs is 2. The first-order valence-electron chi connectivity index (χ1n) is 4.68. The minimum atomic E-state index is 0.702. The van der Waals surface area contributed by atoms with E-state index in [2.05, 4.69) is 37.9 Å². The van der Waals surface area contributed by atoms with Gasteiger partial charge in [-0.15, -0.1) is 12.6 Å². The van der Waals surface area contributed by atoms with Crippen molar-refractivity contribution in [2.45, 2.75) is 19.3 Å². The Morgan fingerprint density at radius 1 is 1.54 bits per heavy atom. The molecule has 0 aromatic heterocycles. The monoisotopic (exact) mass is 190 g/mol. The van der Waals surface area contributed by atoms with E-state index >= 15 is 0 Å². The molecule has 68 valence electrons. The average molecular weight is 190 g/mol. The molecule has 1 fully saturated rings. The lowest BCUT2D eigenvalue weighted by atomic mass is 9.70. The first-order chi connectivity index (χ1) is 6.18. The van der Waals surface area contributed by atoms with E-state index < -0.39 is 0 Å². The van der Waals surface area contributed by atoms with Gasteiger partial charge in [0.1, 0.15) is 0 Å². The molecule has 1 atom stereocenters. The van der Waals surface area contributed by atoms with Gasteiger partial charge in [0.15, 0.2) is 0 Å². The Bertz CT molecular complexity index is 331. The molecule has 3 rings (SSSR count). The van der Waals surface area contributed by atoms with Crippen LogP contribution in [0.4, 0.5) is 0 Å². The zero-order valence-corrected chi connectivity index (χ0v) is 8.61. The highest BCUT2D eigenvalue weighted by atomic mass is 32.1. The van der Waals surface area contributed by atoms with Crippen molar-refractivity contribution < 1.29 is 0 Å². The Morgan fingerprint density at radius 3 is 2.77 bits per heavy atom. The summed E-state index contributed by atoms with van der Waals surface area (Å²) in [6.45, 7) is 7.68. The molecule has 0 N–H and O–H groups in total. The third kappa shape index (κ3) is 1.53. The average Bonchev–Trinajstić information content (AvgIpc) is 2.14. The van der Waals surface area contributed by atoms with Crippen molar-refractivity contribution >= 4 is 12.6 Å². The van der Waals surface area contributed by atoms with E-state index in [4.69, 9.17) is 0 Å². The minimum Gasteiger partial charge on any atom is -0.143 e. The van der Waals surface area contributed by atoms with Gasteiger partial charge in [0.2, 0.25) is 0 Å². The van der Waals surface area contributed by atoms with Crippen molar-refractivity contribution in [2.75, 3.05) is 0 Å². The number of allylic oxidation sites excluding steroid dienone is 5. The Hall–Kier alpha value is -0.690. The normalized spacial score (nSPS) is 27.9. The molecule has 1 saturated carbocycles. The summed E-state index contributed by atoms with van der Waals surface area (Å²) in [4.78, 5) is 0.776. The van der Waals surface area contributed by atoms with Gasteiger partial charge in [-0.05, 0) is 36.0 Å². The van der Waals surface area contributed by atoms with E-state index in [0.717, 1.165) is 10.5 Å². The molecule has 0 heterocycles. The van der Waals surface area contributed by atoms with Crippen LogP contribution in [0.1, 0.15) is 19.3 Å². The number of hydrogen-bond donors (Lipinski definition) is 1. The highest BCUT2D eigenvalue weighted by Gasteiger charge is 2.29. The summed E-state index contributed by atoms with van der Waals surface area (Å²) in [6.07, 6.45) is 8.43. The van der Waals surface area contributed by atoms with E-state index in [1.165, 1.54) is 30.4 Å². The molecule has 2 bridgehead atoms. The van der Waals surface area contributed by atoms with Crippen LogP contribution >= 0.6 is 12.6 Å². The zero-order valence-electron chi connectivity index (χ0n) is 7.71. The van der Waals surface area contributed by atoms with Gasteiger partial charge in [-0.25, -0.2) is 0 Å². The molecular weight excluding hydrogens is 176 g/mol. The van der Waals surface area contributed by atoms with Crippen molar-refractivity contribution in [3.05, 3.63) is 46.9 Å². The van der Waals surface area contributed by atoms with Crippen LogP contribution in [-0.2, 0) is 0 Å². The molecule has 3 aliphatic carbocycles. The lowest BCUT2D eigenvalue weighted by molar-refractivity contribution is 0.529. The standard InChI is InChI=1S/C12H14S/c1-8(9(2)13)6-12-10-4-3-5-11(12)7-10/h6-7,10,13H,1-5H2/b12-6+. The zero-order chi connectivity index (χ0) is 9.42. The van der Waals surface area contributed by atoms with Gasteiger partial charge >= 0.3 is 0 Å². The number of hydrogen-bond acceptors (Lipinski definition) is 1. The van der Waals surface area contributed by atoms with Gasteiger partial charge in [0.05, 0.1) is 0 Å². The summed E-state index contributed by atoms with van der Waals surface area (Å²) >= 11 is 4.18. The molecule has 1 unspecified atom stereocenters. The van der Waals surface area contributed by atoms with E-state index in [1.54, 1.807) is 0 Å². The van der Waals surface area contributed by atoms with E-state index in [0.29, 0.717) is 5.92 Å². The summed E-state index contributed by atoms with van der Waals surface area (Å²) in [6, 6.07) is 0. The topological polar surface area (TPSA) is 0 Å². The summed E-state index contributed by atoms with van der Waals surface area (Å²) in [5, 5.41) is 0. The summed E-state index contributed by atoms with van der Waals surface area (Å²) < 4.78 is 0. The third-order valence-electron chi connectivity index (χ3n) is 2.83. The Labute approximate surface area is 85.1 Å². The second-order valence-corrected chi connectivity index (χ2v) is 4.30. The first-order valence-corrected chi connectivity index (χ1v) is 5.13. The predicted octanol–water partition coefficient (Wildman–Crippen LogP) is 3.65. The lowest BCUT2D eigenvalue weighted by Gasteiger charge is -2.35. The van der Waals surface area contributed by atoms with Gasteiger partial charge in [-0.1, -0.05) is 25.3 Å². The van der Waals surface area contributed by atoms with Gasteiger partial charge in [0, 0.05) is 10.8 Å². The van der Waals surface area contributed by atoms with Crippen LogP contribution in [0.3, 0.4) is 0 Å². The van der Waals surface area contributed by atoms with Crippen molar-refractivity contribution in [3.63, 3.8) is 0 Å². The predicted molar refractivity (Wildman–Crippen MR) is 60.8 cm³/mol. The molecular formula is C12H14S. The maximum absolute atomic E-state index is 4.18. The second-order valence-electron chi connectivity index (χ2n) is 3.76. The van der Waals surface area contributed by atoms with Crippen LogP contribution in [0.5, 0.6) is 0 Å². The third-order valence-corrected chi connectivity index (χ3v) is 3.12. The van der Waals surface area contributed by atoms with Crippen LogP contribution in [0.2, 0.25) is 0 Å². The van der Waals surface area contributed by atoms with Crippen LogP contribution in [-0.4, -0.2) is 0 Å². The smallest absolute Gasteiger partial charge is 0.00347 e. The summed E-state index contributed by atoms with van der Waals surface area (Å²) in [5.74, 6) is 0.702. The SMILES string of the molecule is C=C(S)C(=C)/C=C1/C2=CC1CCC2. The fourth-order valence-electron chi connectivity index (χ4n) is 2.02. The molecule has 0 nitrogen and oxygen atoms in total. The van der Waals surface area contributed by atoms with Crippen molar-refractivity contribution in [2.24, 2.45) is 5.92 Å². The first kappa shape index (κ1) is 8.89. The maximum atomic E-state index is 4.18. The minimum absolute atomic E-state index is 0.702. The quantitative estimate of drug-likeness (QED) is 0.498. The number of rotatable bonds is 2. The van der Waals surface area contributed by atoms with E-state index in [9.17, 15) is 0 Å². The molecule has 0 radical (unpaired) electrons. The second kappa shape index (κ2) is 3.22. The summed E-state index contributed by atoms with van der Waals surface area (Å²) in [5.41, 5.74) is 3.95. The highest BCUT2D eigenvalue weighted by Crippen LogP contribution is 2.44. The van der Waals surface area contributed by atoms with Gasteiger partial charge in [-0.3, -0.25) is 0 Å². The van der Waals surface area contributed by atoms with Crippen molar-refractivity contribution in [3.8, 4) is 0 Å². The van der Waals surface area contributed by atoms with Gasteiger partial charge in [-0.2, -0.15) is 0 Å². The molecule has 0 spiro atoms. The van der Waals surface area contributed by atoms with Crippen LogP contribution < -0.4 is 0 Å². The van der Waals surface area contributed by atoms with E-state index in [-0.39, 0.29) is 0 Å². The van der Waals surface area contributed by atoms with Crippen molar-refractivity contribution in [1.29, 1.82) is 0 Å². The van der Waals surface area contributed by atoms with Crippen LogP contribution in [0, 0.1) is 5.92 Å². The molecule has 13 heavy (non-hydrogen) atoms. The van der Waals surface area contributed by atoms with Crippen molar-refractivity contribution in [1.82, 2.24) is 0 Å². The van der Waals surface area contributed by atoms with E-state index in [1.807, 2.05) is 0 Å². The molecule has 0 saturated heterocycles. The highest BCUT2D eigenvalue weighted by molar-refractivity contribution is 7.84. The molecule has 0 aromatic rings. The molecule has 0 aromatic carbocycles. The van der Waals surface area contributed by atoms with Crippen LogP contribution in [0.15, 0.2) is 46.9 Å². The Balaban J connectivity index is 2.16. The number of thiol groups is 1. The lowest BCUT2D eigenvalue weighted by Crippen LogP contribution is -2.20. The molecule has 0 aliphatic heterocycles. The molecule has 1 heteroatoms. The Kier molecular flexibility index (Phi) is 2.20. The van der Waals surface area contributed by atoms with Gasteiger partial charge < -0.3 is 0 Å². The largest absolute Gasteiger partial charge is 0.143 e. The van der Waals surface area contributed by atoms with Gasteiger partial charge in [0.25, 0.3) is 0 Å². The fraction of sp³-hybridized carbons (Fsp3) is 0.333. The molecule has 3 aliphatic rings. The Morgan fingerprint density at radius 2 is 2.31 bits per heavy atom.